The van der Waals surface area contributed by atoms with Crippen LogP contribution in [-0.2, 0) is 9.59 Å². The first-order valence-electron chi connectivity index (χ1n) is 5.25. The van der Waals surface area contributed by atoms with Gasteiger partial charge in [-0.15, -0.1) is 0 Å². The van der Waals surface area contributed by atoms with Gasteiger partial charge >= 0.3 is 0 Å². The van der Waals surface area contributed by atoms with Crippen molar-refractivity contribution in [3.8, 4) is 0 Å². The standard InChI is InChI=1S/C11H21NO2/c1-4-5-8-12-10(14)6-7-11(2,3)9-13/h9H,4-8H2,1-3H3,(H,12,14). The Labute approximate surface area is 86.3 Å². The molecule has 0 unspecified atom stereocenters. The van der Waals surface area contributed by atoms with Gasteiger partial charge in [0.2, 0.25) is 5.91 Å². The summed E-state index contributed by atoms with van der Waals surface area (Å²) in [5, 5.41) is 2.83. The first-order valence-corrected chi connectivity index (χ1v) is 5.25. The van der Waals surface area contributed by atoms with Crippen molar-refractivity contribution in [3.63, 3.8) is 0 Å². The number of amides is 1. The second-order valence-electron chi connectivity index (χ2n) is 4.31. The molecule has 0 rings (SSSR count). The monoisotopic (exact) mass is 199 g/mol. The average Bonchev–Trinajstić information content (AvgIpc) is 2.16. The molecule has 0 aromatic heterocycles. The van der Waals surface area contributed by atoms with Crippen molar-refractivity contribution >= 4 is 12.2 Å². The van der Waals surface area contributed by atoms with E-state index < -0.39 is 0 Å². The van der Waals surface area contributed by atoms with E-state index in [1.807, 2.05) is 13.8 Å². The highest BCUT2D eigenvalue weighted by Gasteiger charge is 2.17. The van der Waals surface area contributed by atoms with E-state index in [-0.39, 0.29) is 11.3 Å². The van der Waals surface area contributed by atoms with E-state index in [0.29, 0.717) is 12.8 Å². The third-order valence-corrected chi connectivity index (χ3v) is 2.17. The Morgan fingerprint density at radius 2 is 2.07 bits per heavy atom. The van der Waals surface area contributed by atoms with E-state index in [2.05, 4.69) is 12.2 Å². The van der Waals surface area contributed by atoms with Gasteiger partial charge < -0.3 is 10.1 Å². The second-order valence-corrected chi connectivity index (χ2v) is 4.31. The van der Waals surface area contributed by atoms with Gasteiger partial charge in [-0.3, -0.25) is 4.79 Å². The third kappa shape index (κ3) is 6.63. The molecule has 82 valence electrons. The number of nitrogens with one attached hydrogen (secondary N) is 1. The van der Waals surface area contributed by atoms with Gasteiger partial charge in [-0.2, -0.15) is 0 Å². The number of carbonyl (C=O) groups is 2. The van der Waals surface area contributed by atoms with Crippen LogP contribution in [0.1, 0.15) is 46.5 Å². The Morgan fingerprint density at radius 1 is 1.43 bits per heavy atom. The van der Waals surface area contributed by atoms with E-state index in [0.717, 1.165) is 25.7 Å². The topological polar surface area (TPSA) is 46.2 Å². The SMILES string of the molecule is CCCCNC(=O)CCC(C)(C)C=O. The third-order valence-electron chi connectivity index (χ3n) is 2.17. The molecule has 3 heteroatoms. The number of unbranched alkanes of at least 4 members (excludes halogenated alkanes) is 1. The molecule has 0 aliphatic rings. The fraction of sp³-hybridized carbons (Fsp3) is 0.818. The molecule has 0 aromatic rings. The van der Waals surface area contributed by atoms with Crippen molar-refractivity contribution in [2.75, 3.05) is 6.54 Å². The Kier molecular flexibility index (Phi) is 6.17. The zero-order valence-corrected chi connectivity index (χ0v) is 9.43. The quantitative estimate of drug-likeness (QED) is 0.503. The summed E-state index contributed by atoms with van der Waals surface area (Å²) in [6, 6.07) is 0. The molecule has 3 nitrogen and oxygen atoms in total. The highest BCUT2D eigenvalue weighted by Crippen LogP contribution is 2.18. The van der Waals surface area contributed by atoms with E-state index in [1.54, 1.807) is 0 Å². The number of hydrogen-bond donors (Lipinski definition) is 1. The molecule has 0 atom stereocenters. The predicted molar refractivity (Wildman–Crippen MR) is 57.0 cm³/mol. The fourth-order valence-electron chi connectivity index (χ4n) is 0.988. The lowest BCUT2D eigenvalue weighted by Gasteiger charge is -2.15. The van der Waals surface area contributed by atoms with Crippen LogP contribution in [0.4, 0.5) is 0 Å². The van der Waals surface area contributed by atoms with Crippen LogP contribution in [0, 0.1) is 5.41 Å². The maximum absolute atomic E-state index is 11.3. The number of carbonyl (C=O) groups excluding carboxylic acids is 2. The van der Waals surface area contributed by atoms with Crippen molar-refractivity contribution < 1.29 is 9.59 Å². The van der Waals surface area contributed by atoms with Crippen LogP contribution in [0.3, 0.4) is 0 Å². The highest BCUT2D eigenvalue weighted by atomic mass is 16.1. The minimum atomic E-state index is -0.373. The largest absolute Gasteiger partial charge is 0.356 e. The molecule has 1 N–H and O–H groups in total. The van der Waals surface area contributed by atoms with Crippen molar-refractivity contribution in [1.82, 2.24) is 5.32 Å². The van der Waals surface area contributed by atoms with E-state index in [4.69, 9.17) is 0 Å². The zero-order chi connectivity index (χ0) is 11.0. The first-order chi connectivity index (χ1) is 6.52. The van der Waals surface area contributed by atoms with Crippen LogP contribution in [0.5, 0.6) is 0 Å². The lowest BCUT2D eigenvalue weighted by Crippen LogP contribution is -2.26. The fourth-order valence-corrected chi connectivity index (χ4v) is 0.988. The molecule has 14 heavy (non-hydrogen) atoms. The maximum atomic E-state index is 11.3. The van der Waals surface area contributed by atoms with Crippen molar-refractivity contribution in [2.24, 2.45) is 5.41 Å². The Bertz CT molecular complexity index is 188. The minimum absolute atomic E-state index is 0.0494. The van der Waals surface area contributed by atoms with Gasteiger partial charge in [-0.1, -0.05) is 27.2 Å². The molecular weight excluding hydrogens is 178 g/mol. The molecule has 0 saturated heterocycles. The highest BCUT2D eigenvalue weighted by molar-refractivity contribution is 5.76. The molecular formula is C11H21NO2. The van der Waals surface area contributed by atoms with Crippen LogP contribution in [0.25, 0.3) is 0 Å². The van der Waals surface area contributed by atoms with Crippen molar-refractivity contribution in [3.05, 3.63) is 0 Å². The molecule has 0 spiro atoms. The summed E-state index contributed by atoms with van der Waals surface area (Å²) in [6.45, 7) is 6.52. The summed E-state index contributed by atoms with van der Waals surface area (Å²) in [7, 11) is 0. The number of rotatable bonds is 7. The van der Waals surface area contributed by atoms with Crippen molar-refractivity contribution in [2.45, 2.75) is 46.5 Å². The second kappa shape index (κ2) is 6.57. The van der Waals surface area contributed by atoms with Crippen LogP contribution >= 0.6 is 0 Å². The van der Waals surface area contributed by atoms with Gasteiger partial charge in [-0.25, -0.2) is 0 Å². The Balaban J connectivity index is 3.58. The summed E-state index contributed by atoms with van der Waals surface area (Å²) in [4.78, 5) is 21.8. The molecule has 0 bridgehead atoms. The summed E-state index contributed by atoms with van der Waals surface area (Å²) in [6.07, 6.45) is 4.07. The Hall–Kier alpha value is -0.860. The van der Waals surface area contributed by atoms with Crippen LogP contribution in [-0.4, -0.2) is 18.7 Å². The molecule has 0 saturated carbocycles. The van der Waals surface area contributed by atoms with E-state index >= 15 is 0 Å². The molecule has 0 fully saturated rings. The average molecular weight is 199 g/mol. The van der Waals surface area contributed by atoms with E-state index in [9.17, 15) is 9.59 Å². The van der Waals surface area contributed by atoms with Crippen LogP contribution in [0.15, 0.2) is 0 Å². The summed E-state index contributed by atoms with van der Waals surface area (Å²) in [5.74, 6) is 0.0494. The van der Waals surface area contributed by atoms with Crippen molar-refractivity contribution in [1.29, 1.82) is 0 Å². The minimum Gasteiger partial charge on any atom is -0.356 e. The maximum Gasteiger partial charge on any atom is 0.220 e. The summed E-state index contributed by atoms with van der Waals surface area (Å²) < 4.78 is 0. The molecule has 0 radical (unpaired) electrons. The predicted octanol–water partition coefficient (Wildman–Crippen LogP) is 1.91. The molecule has 0 aliphatic carbocycles. The van der Waals surface area contributed by atoms with Gasteiger partial charge in [0.05, 0.1) is 0 Å². The van der Waals surface area contributed by atoms with Gasteiger partial charge in [0.1, 0.15) is 6.29 Å². The van der Waals surface area contributed by atoms with Crippen LogP contribution in [0.2, 0.25) is 0 Å². The van der Waals surface area contributed by atoms with Crippen LogP contribution < -0.4 is 5.32 Å². The zero-order valence-electron chi connectivity index (χ0n) is 9.43. The van der Waals surface area contributed by atoms with Gasteiger partial charge in [0, 0.05) is 18.4 Å². The summed E-state index contributed by atoms with van der Waals surface area (Å²) >= 11 is 0. The lowest BCUT2D eigenvalue weighted by atomic mass is 9.90. The van der Waals surface area contributed by atoms with Gasteiger partial charge in [-0.05, 0) is 12.8 Å². The first kappa shape index (κ1) is 13.1. The number of hydrogen-bond acceptors (Lipinski definition) is 2. The smallest absolute Gasteiger partial charge is 0.220 e. The van der Waals surface area contributed by atoms with E-state index in [1.165, 1.54) is 0 Å². The normalized spacial score (nSPS) is 11.1. The lowest BCUT2D eigenvalue weighted by molar-refractivity contribution is -0.122. The van der Waals surface area contributed by atoms with Gasteiger partial charge in [0.25, 0.3) is 0 Å². The molecule has 0 heterocycles. The molecule has 0 aromatic carbocycles. The number of aldehydes is 1. The van der Waals surface area contributed by atoms with Gasteiger partial charge in [0.15, 0.2) is 0 Å². The molecule has 1 amide bonds. The molecule has 0 aliphatic heterocycles. The summed E-state index contributed by atoms with van der Waals surface area (Å²) in [5.41, 5.74) is -0.373. The Morgan fingerprint density at radius 3 is 2.57 bits per heavy atom.